The van der Waals surface area contributed by atoms with Gasteiger partial charge in [-0.05, 0) is 25.7 Å². The molecule has 21 heavy (non-hydrogen) atoms. The normalized spacial score (nSPS) is 25.0. The molecule has 0 aromatic heterocycles. The lowest BCUT2D eigenvalue weighted by Gasteiger charge is -2.33. The van der Waals surface area contributed by atoms with Crippen LogP contribution in [0.3, 0.4) is 0 Å². The largest absolute Gasteiger partial charge is 0.396 e. The summed E-state index contributed by atoms with van der Waals surface area (Å²) in [6.45, 7) is 6.87. The van der Waals surface area contributed by atoms with E-state index in [0.717, 1.165) is 25.9 Å². The monoisotopic (exact) mass is 321 g/mol. The van der Waals surface area contributed by atoms with Gasteiger partial charge in [0, 0.05) is 45.4 Å². The van der Waals surface area contributed by atoms with Gasteiger partial charge in [0.1, 0.15) is 0 Å². The van der Waals surface area contributed by atoms with Crippen molar-refractivity contribution in [2.75, 3.05) is 52.5 Å². The summed E-state index contributed by atoms with van der Waals surface area (Å²) in [6, 6.07) is -0.122. The van der Waals surface area contributed by atoms with Crippen LogP contribution in [0.4, 0.5) is 0 Å². The average molecular weight is 321 g/mol. The SMILES string of the molecule is CC(CN1CCOCC1)NS(=O)(=O)N1CCC(CO)CC1. The minimum absolute atomic E-state index is 0.122. The molecule has 2 N–H and O–H groups in total. The van der Waals surface area contributed by atoms with Crippen molar-refractivity contribution < 1.29 is 18.3 Å². The zero-order chi connectivity index (χ0) is 15.3. The lowest BCUT2D eigenvalue weighted by atomic mass is 10.00. The highest BCUT2D eigenvalue weighted by Crippen LogP contribution is 2.18. The molecule has 2 heterocycles. The second-order valence-electron chi connectivity index (χ2n) is 5.96. The first kappa shape index (κ1) is 17.1. The zero-order valence-corrected chi connectivity index (χ0v) is 13.5. The second kappa shape index (κ2) is 7.85. The molecule has 2 saturated heterocycles. The van der Waals surface area contributed by atoms with Crippen molar-refractivity contribution in [3.8, 4) is 0 Å². The molecule has 2 aliphatic heterocycles. The predicted octanol–water partition coefficient (Wildman–Crippen LogP) is -0.754. The predicted molar refractivity (Wildman–Crippen MR) is 80.2 cm³/mol. The fraction of sp³-hybridized carbons (Fsp3) is 1.00. The van der Waals surface area contributed by atoms with Gasteiger partial charge in [0.05, 0.1) is 13.2 Å². The Balaban J connectivity index is 1.79. The number of piperidine rings is 1. The number of hydrogen-bond donors (Lipinski definition) is 2. The van der Waals surface area contributed by atoms with E-state index < -0.39 is 10.2 Å². The third-order valence-electron chi connectivity index (χ3n) is 4.16. The summed E-state index contributed by atoms with van der Waals surface area (Å²) < 4.78 is 34.2. The Labute approximate surface area is 127 Å². The van der Waals surface area contributed by atoms with E-state index >= 15 is 0 Å². The van der Waals surface area contributed by atoms with Crippen LogP contribution in [-0.4, -0.2) is 81.3 Å². The summed E-state index contributed by atoms with van der Waals surface area (Å²) in [7, 11) is -3.42. The van der Waals surface area contributed by atoms with Gasteiger partial charge in [-0.1, -0.05) is 0 Å². The van der Waals surface area contributed by atoms with Crippen molar-refractivity contribution in [3.63, 3.8) is 0 Å². The van der Waals surface area contributed by atoms with E-state index in [1.165, 1.54) is 4.31 Å². The van der Waals surface area contributed by atoms with Crippen molar-refractivity contribution in [2.45, 2.75) is 25.8 Å². The molecule has 0 bridgehead atoms. The molecular weight excluding hydrogens is 294 g/mol. The zero-order valence-electron chi connectivity index (χ0n) is 12.7. The van der Waals surface area contributed by atoms with Crippen LogP contribution in [0.2, 0.25) is 0 Å². The number of ether oxygens (including phenoxy) is 1. The van der Waals surface area contributed by atoms with Crippen LogP contribution >= 0.6 is 0 Å². The van der Waals surface area contributed by atoms with E-state index in [1.54, 1.807) is 0 Å². The summed E-state index contributed by atoms with van der Waals surface area (Å²) >= 11 is 0. The molecule has 0 amide bonds. The van der Waals surface area contributed by atoms with E-state index in [2.05, 4.69) is 9.62 Å². The summed E-state index contributed by atoms with van der Waals surface area (Å²) in [5, 5.41) is 9.11. The van der Waals surface area contributed by atoms with Crippen molar-refractivity contribution in [2.24, 2.45) is 5.92 Å². The molecular formula is C13H27N3O4S. The highest BCUT2D eigenvalue weighted by atomic mass is 32.2. The Bertz CT molecular complexity index is 404. The van der Waals surface area contributed by atoms with E-state index in [1.807, 2.05) is 6.92 Å². The fourth-order valence-electron chi connectivity index (χ4n) is 2.87. The number of hydrogen-bond acceptors (Lipinski definition) is 5. The molecule has 1 atom stereocenters. The molecule has 7 nitrogen and oxygen atoms in total. The number of morpholine rings is 1. The van der Waals surface area contributed by atoms with E-state index in [0.29, 0.717) is 32.8 Å². The van der Waals surface area contributed by atoms with Gasteiger partial charge >= 0.3 is 0 Å². The molecule has 0 aromatic carbocycles. The van der Waals surface area contributed by atoms with Gasteiger partial charge < -0.3 is 9.84 Å². The van der Waals surface area contributed by atoms with Gasteiger partial charge in [-0.15, -0.1) is 0 Å². The van der Waals surface area contributed by atoms with Gasteiger partial charge in [-0.2, -0.15) is 17.4 Å². The Kier molecular flexibility index (Phi) is 6.39. The molecule has 0 spiro atoms. The lowest BCUT2D eigenvalue weighted by molar-refractivity contribution is 0.0353. The Morgan fingerprint density at radius 3 is 2.43 bits per heavy atom. The number of aliphatic hydroxyl groups is 1. The Hall–Kier alpha value is -0.250. The molecule has 124 valence electrons. The quantitative estimate of drug-likeness (QED) is 0.672. The second-order valence-corrected chi connectivity index (χ2v) is 7.66. The van der Waals surface area contributed by atoms with Crippen LogP contribution in [0, 0.1) is 5.92 Å². The van der Waals surface area contributed by atoms with Gasteiger partial charge in [0.2, 0.25) is 0 Å². The summed E-state index contributed by atoms with van der Waals surface area (Å²) in [5.41, 5.74) is 0. The Morgan fingerprint density at radius 1 is 1.24 bits per heavy atom. The molecule has 8 heteroatoms. The summed E-state index contributed by atoms with van der Waals surface area (Å²) in [6.07, 6.45) is 1.46. The third-order valence-corrected chi connectivity index (χ3v) is 5.90. The molecule has 2 fully saturated rings. The minimum atomic E-state index is -3.42. The van der Waals surface area contributed by atoms with Crippen molar-refractivity contribution >= 4 is 10.2 Å². The maximum Gasteiger partial charge on any atom is 0.279 e. The smallest absolute Gasteiger partial charge is 0.279 e. The topological polar surface area (TPSA) is 82.1 Å². The van der Waals surface area contributed by atoms with Gasteiger partial charge in [-0.3, -0.25) is 4.90 Å². The lowest BCUT2D eigenvalue weighted by Crippen LogP contribution is -2.51. The molecule has 2 aliphatic rings. The van der Waals surface area contributed by atoms with E-state index in [4.69, 9.17) is 9.84 Å². The van der Waals surface area contributed by atoms with Crippen LogP contribution in [0.5, 0.6) is 0 Å². The summed E-state index contributed by atoms with van der Waals surface area (Å²) in [4.78, 5) is 2.22. The Morgan fingerprint density at radius 2 is 1.86 bits per heavy atom. The molecule has 0 radical (unpaired) electrons. The first-order valence-corrected chi connectivity index (χ1v) is 9.13. The van der Waals surface area contributed by atoms with Crippen LogP contribution in [0.15, 0.2) is 0 Å². The van der Waals surface area contributed by atoms with Gasteiger partial charge in [0.15, 0.2) is 0 Å². The van der Waals surface area contributed by atoms with Gasteiger partial charge in [-0.25, -0.2) is 0 Å². The van der Waals surface area contributed by atoms with E-state index in [-0.39, 0.29) is 18.6 Å². The minimum Gasteiger partial charge on any atom is -0.396 e. The number of nitrogens with one attached hydrogen (secondary N) is 1. The van der Waals surface area contributed by atoms with Crippen LogP contribution < -0.4 is 4.72 Å². The maximum absolute atomic E-state index is 12.3. The maximum atomic E-state index is 12.3. The molecule has 2 rings (SSSR count). The van der Waals surface area contributed by atoms with Crippen LogP contribution in [-0.2, 0) is 14.9 Å². The van der Waals surface area contributed by atoms with Crippen molar-refractivity contribution in [3.05, 3.63) is 0 Å². The molecule has 0 saturated carbocycles. The molecule has 0 aromatic rings. The fourth-order valence-corrected chi connectivity index (χ4v) is 4.29. The highest BCUT2D eigenvalue weighted by molar-refractivity contribution is 7.87. The number of rotatable bonds is 6. The summed E-state index contributed by atoms with van der Waals surface area (Å²) in [5.74, 6) is 0.238. The number of aliphatic hydroxyl groups excluding tert-OH is 1. The third kappa shape index (κ3) is 5.15. The average Bonchev–Trinajstić information content (AvgIpc) is 2.47. The van der Waals surface area contributed by atoms with Crippen LogP contribution in [0.1, 0.15) is 19.8 Å². The number of nitrogens with zero attached hydrogens (tertiary/aromatic N) is 2. The van der Waals surface area contributed by atoms with Gasteiger partial charge in [0.25, 0.3) is 10.2 Å². The van der Waals surface area contributed by atoms with E-state index in [9.17, 15) is 8.42 Å². The van der Waals surface area contributed by atoms with Crippen LogP contribution in [0.25, 0.3) is 0 Å². The molecule has 1 unspecified atom stereocenters. The molecule has 0 aliphatic carbocycles. The standard InChI is InChI=1S/C13H27N3O4S/c1-12(10-15-6-8-20-9-7-15)14-21(18,19)16-4-2-13(11-17)3-5-16/h12-14,17H,2-11H2,1H3. The van der Waals surface area contributed by atoms with Crippen molar-refractivity contribution in [1.82, 2.24) is 13.9 Å². The van der Waals surface area contributed by atoms with Crippen molar-refractivity contribution in [1.29, 1.82) is 0 Å². The highest BCUT2D eigenvalue weighted by Gasteiger charge is 2.29. The first-order valence-electron chi connectivity index (χ1n) is 7.69. The first-order chi connectivity index (χ1) is 10.0.